The van der Waals surface area contributed by atoms with Crippen LogP contribution in [0, 0.1) is 6.92 Å². The summed E-state index contributed by atoms with van der Waals surface area (Å²) in [6.07, 6.45) is 0. The standard InChI is InChI=1S/C49H34N2/c1-29-42(31-16-5-4-6-17-31)48(50-46-38-23-13-14-24-40(38)49(2,3)45(29)46)51-41-28-27-37-35-21-10-9-19-33(35)34-20-11-12-22-36(34)43(37)44(41)39-26-25-30-15-7-8-18-32(30)47(39)51/h4-28H,1-3H3. The Morgan fingerprint density at radius 3 is 1.86 bits per heavy atom. The van der Waals surface area contributed by atoms with Gasteiger partial charge >= 0.3 is 0 Å². The normalized spacial score (nSPS) is 13.5. The van der Waals surface area contributed by atoms with Crippen LogP contribution >= 0.6 is 0 Å². The second-order valence-corrected chi connectivity index (χ2v) is 14.7. The fourth-order valence-corrected chi connectivity index (χ4v) is 9.61. The van der Waals surface area contributed by atoms with Crippen molar-refractivity contribution in [3.8, 4) is 28.2 Å². The fourth-order valence-electron chi connectivity index (χ4n) is 9.61. The summed E-state index contributed by atoms with van der Waals surface area (Å²) in [5, 5.41) is 12.7. The molecule has 51 heavy (non-hydrogen) atoms. The third-order valence-electron chi connectivity index (χ3n) is 11.7. The maximum atomic E-state index is 5.83. The van der Waals surface area contributed by atoms with Crippen LogP contribution in [-0.2, 0) is 5.41 Å². The first-order valence-electron chi connectivity index (χ1n) is 17.9. The predicted octanol–water partition coefficient (Wildman–Crippen LogP) is 13.1. The highest BCUT2D eigenvalue weighted by Gasteiger charge is 2.40. The molecule has 2 heteroatoms. The van der Waals surface area contributed by atoms with Gasteiger partial charge in [-0.1, -0.05) is 159 Å². The van der Waals surface area contributed by atoms with Gasteiger partial charge < -0.3 is 0 Å². The van der Waals surface area contributed by atoms with Gasteiger partial charge in [0.05, 0.1) is 16.7 Å². The van der Waals surface area contributed by atoms with Crippen LogP contribution in [-0.4, -0.2) is 9.55 Å². The van der Waals surface area contributed by atoms with E-state index in [4.69, 9.17) is 4.98 Å². The van der Waals surface area contributed by atoms with Crippen LogP contribution in [0.15, 0.2) is 152 Å². The molecular formula is C49H34N2. The number of rotatable bonds is 2. The van der Waals surface area contributed by atoms with Crippen molar-refractivity contribution in [2.24, 2.45) is 0 Å². The van der Waals surface area contributed by atoms with E-state index in [0.717, 1.165) is 11.5 Å². The van der Waals surface area contributed by atoms with Gasteiger partial charge in [-0.2, -0.15) is 0 Å². The summed E-state index contributed by atoms with van der Waals surface area (Å²) in [6.45, 7) is 7.04. The van der Waals surface area contributed by atoms with Crippen molar-refractivity contribution in [3.63, 3.8) is 0 Å². The molecule has 0 fully saturated rings. The Morgan fingerprint density at radius 1 is 0.510 bits per heavy atom. The van der Waals surface area contributed by atoms with Crippen LogP contribution in [0.4, 0.5) is 0 Å². The van der Waals surface area contributed by atoms with Gasteiger partial charge in [0.25, 0.3) is 0 Å². The molecule has 8 aromatic carbocycles. The molecule has 0 saturated heterocycles. The van der Waals surface area contributed by atoms with Crippen LogP contribution in [0.25, 0.3) is 93.1 Å². The number of aromatic nitrogens is 2. The van der Waals surface area contributed by atoms with E-state index in [2.05, 4.69) is 177 Å². The monoisotopic (exact) mass is 650 g/mol. The molecule has 0 atom stereocenters. The number of hydrogen-bond donors (Lipinski definition) is 0. The summed E-state index contributed by atoms with van der Waals surface area (Å²) in [5.41, 5.74) is 10.8. The maximum Gasteiger partial charge on any atom is 0.146 e. The Morgan fingerprint density at radius 2 is 1.10 bits per heavy atom. The van der Waals surface area contributed by atoms with Gasteiger partial charge in [0.1, 0.15) is 5.82 Å². The van der Waals surface area contributed by atoms with Crippen molar-refractivity contribution in [1.29, 1.82) is 0 Å². The van der Waals surface area contributed by atoms with Gasteiger partial charge in [-0.25, -0.2) is 4.98 Å². The molecule has 10 aromatic rings. The second kappa shape index (κ2) is 10.2. The molecule has 2 nitrogen and oxygen atoms in total. The average molecular weight is 651 g/mol. The number of hydrogen-bond acceptors (Lipinski definition) is 1. The number of pyridine rings is 1. The van der Waals surface area contributed by atoms with Crippen LogP contribution in [0.3, 0.4) is 0 Å². The maximum absolute atomic E-state index is 5.83. The van der Waals surface area contributed by atoms with E-state index in [0.29, 0.717) is 0 Å². The largest absolute Gasteiger partial charge is 0.293 e. The highest BCUT2D eigenvalue weighted by molar-refractivity contribution is 6.36. The molecule has 2 heterocycles. The van der Waals surface area contributed by atoms with Crippen LogP contribution in [0.2, 0.25) is 0 Å². The van der Waals surface area contributed by atoms with E-state index in [1.54, 1.807) is 0 Å². The first-order chi connectivity index (χ1) is 25.0. The predicted molar refractivity (Wildman–Crippen MR) is 216 cm³/mol. The lowest BCUT2D eigenvalue weighted by Crippen LogP contribution is -2.18. The molecule has 0 saturated carbocycles. The Labute approximate surface area is 296 Å². The Bertz CT molecular complexity index is 3070. The highest BCUT2D eigenvalue weighted by atomic mass is 15.1. The molecule has 11 rings (SSSR count). The Balaban J connectivity index is 1.41. The molecule has 240 valence electrons. The van der Waals surface area contributed by atoms with Gasteiger partial charge in [-0.3, -0.25) is 4.57 Å². The van der Waals surface area contributed by atoms with E-state index in [1.165, 1.54) is 98.3 Å². The quantitative estimate of drug-likeness (QED) is 0.170. The number of fused-ring (bicyclic) bond motifs is 15. The molecule has 0 aliphatic heterocycles. The average Bonchev–Trinajstić information content (AvgIpc) is 3.64. The molecular weight excluding hydrogens is 617 g/mol. The van der Waals surface area contributed by atoms with Gasteiger partial charge in [0, 0.05) is 38.1 Å². The van der Waals surface area contributed by atoms with Crippen LogP contribution in [0.1, 0.15) is 30.5 Å². The van der Waals surface area contributed by atoms with Crippen molar-refractivity contribution >= 4 is 64.9 Å². The van der Waals surface area contributed by atoms with E-state index >= 15 is 0 Å². The molecule has 1 aliphatic carbocycles. The minimum Gasteiger partial charge on any atom is -0.293 e. The molecule has 0 radical (unpaired) electrons. The lowest BCUT2D eigenvalue weighted by molar-refractivity contribution is 0.654. The molecule has 0 bridgehead atoms. The molecule has 0 amide bonds. The zero-order valence-corrected chi connectivity index (χ0v) is 28.8. The Hall–Kier alpha value is -6.25. The Kier molecular flexibility index (Phi) is 5.69. The van der Waals surface area contributed by atoms with E-state index < -0.39 is 0 Å². The lowest BCUT2D eigenvalue weighted by Gasteiger charge is -2.26. The summed E-state index contributed by atoms with van der Waals surface area (Å²) in [7, 11) is 0. The lowest BCUT2D eigenvalue weighted by atomic mass is 9.79. The van der Waals surface area contributed by atoms with Crippen molar-refractivity contribution in [1.82, 2.24) is 9.55 Å². The summed E-state index contributed by atoms with van der Waals surface area (Å²) in [5.74, 6) is 0.978. The van der Waals surface area contributed by atoms with Crippen molar-refractivity contribution in [3.05, 3.63) is 168 Å². The topological polar surface area (TPSA) is 17.8 Å². The van der Waals surface area contributed by atoms with Crippen molar-refractivity contribution in [2.75, 3.05) is 0 Å². The van der Waals surface area contributed by atoms with Gasteiger partial charge in [0.2, 0.25) is 0 Å². The first kappa shape index (κ1) is 28.6. The third-order valence-corrected chi connectivity index (χ3v) is 11.7. The number of nitrogens with zero attached hydrogens (tertiary/aromatic N) is 2. The van der Waals surface area contributed by atoms with Gasteiger partial charge in [-0.15, -0.1) is 0 Å². The van der Waals surface area contributed by atoms with Crippen LogP contribution < -0.4 is 0 Å². The summed E-state index contributed by atoms with van der Waals surface area (Å²) in [6, 6.07) is 55.7. The molecule has 2 aromatic heterocycles. The highest BCUT2D eigenvalue weighted by Crippen LogP contribution is 2.53. The van der Waals surface area contributed by atoms with E-state index in [1.807, 2.05) is 0 Å². The zero-order chi connectivity index (χ0) is 34.0. The van der Waals surface area contributed by atoms with E-state index in [-0.39, 0.29) is 5.41 Å². The van der Waals surface area contributed by atoms with Crippen molar-refractivity contribution in [2.45, 2.75) is 26.2 Å². The first-order valence-corrected chi connectivity index (χ1v) is 17.9. The number of benzene rings is 8. The van der Waals surface area contributed by atoms with Crippen molar-refractivity contribution < 1.29 is 0 Å². The minimum absolute atomic E-state index is 0.172. The zero-order valence-electron chi connectivity index (χ0n) is 28.8. The molecule has 1 aliphatic rings. The third kappa shape index (κ3) is 3.69. The smallest absolute Gasteiger partial charge is 0.146 e. The summed E-state index contributed by atoms with van der Waals surface area (Å²) >= 11 is 0. The molecule has 0 spiro atoms. The van der Waals surface area contributed by atoms with E-state index in [9.17, 15) is 0 Å². The minimum atomic E-state index is -0.172. The van der Waals surface area contributed by atoms with Gasteiger partial charge in [0.15, 0.2) is 0 Å². The summed E-state index contributed by atoms with van der Waals surface area (Å²) < 4.78 is 2.50. The molecule has 0 unspecified atom stereocenters. The SMILES string of the molecule is Cc1c(-c2ccccc2)c(-n2c3ccc4c5ccccc5c5ccccc5c4c3c3ccc4ccccc4c32)nc2c1C(C)(C)c1ccccc1-2. The van der Waals surface area contributed by atoms with Gasteiger partial charge in [-0.05, 0) is 67.6 Å². The summed E-state index contributed by atoms with van der Waals surface area (Å²) in [4.78, 5) is 5.83. The molecule has 0 N–H and O–H groups in total. The van der Waals surface area contributed by atoms with Crippen LogP contribution in [0.5, 0.6) is 0 Å². The second-order valence-electron chi connectivity index (χ2n) is 14.7. The fraction of sp³-hybridized carbons (Fsp3) is 0.0816.